The number of carboxylic acids is 1. The largest absolute Gasteiger partial charge is 0.492 e. The molecule has 0 saturated carbocycles. The van der Waals surface area contributed by atoms with Crippen molar-refractivity contribution in [3.8, 4) is 11.5 Å². The monoisotopic (exact) mass is 406 g/mol. The van der Waals surface area contributed by atoms with Crippen LogP contribution in [0, 0.1) is 0 Å². The van der Waals surface area contributed by atoms with Gasteiger partial charge in [0.25, 0.3) is 5.56 Å². The number of aromatic carboxylic acids is 1. The SMILES string of the molecule is CCOc1cccc(/C=C/c2nc3sc(C(=O)O)cn3c(=O)c2Cl)c1OC. The number of hydrogen-bond acceptors (Lipinski definition) is 6. The van der Waals surface area contributed by atoms with E-state index in [2.05, 4.69) is 4.98 Å². The molecule has 0 aliphatic rings. The maximum absolute atomic E-state index is 12.4. The van der Waals surface area contributed by atoms with Crippen LogP contribution in [0.25, 0.3) is 17.1 Å². The van der Waals surface area contributed by atoms with Crippen LogP contribution in [0.1, 0.15) is 27.9 Å². The highest BCUT2D eigenvalue weighted by Crippen LogP contribution is 2.32. The van der Waals surface area contributed by atoms with Crippen molar-refractivity contribution in [3.05, 3.63) is 55.9 Å². The number of carbonyl (C=O) groups is 1. The molecule has 140 valence electrons. The number of nitrogens with zero attached hydrogens (tertiary/aromatic N) is 2. The summed E-state index contributed by atoms with van der Waals surface area (Å²) in [6.45, 7) is 2.37. The van der Waals surface area contributed by atoms with Gasteiger partial charge in [-0.25, -0.2) is 9.78 Å². The van der Waals surface area contributed by atoms with Crippen LogP contribution in [-0.2, 0) is 0 Å². The number of methoxy groups -OCH3 is 1. The normalized spacial score (nSPS) is 11.2. The van der Waals surface area contributed by atoms with Crippen LogP contribution in [0.2, 0.25) is 5.02 Å². The van der Waals surface area contributed by atoms with E-state index in [1.54, 1.807) is 18.2 Å². The van der Waals surface area contributed by atoms with Crippen molar-refractivity contribution in [2.75, 3.05) is 13.7 Å². The molecule has 3 rings (SSSR count). The molecule has 2 aromatic heterocycles. The Balaban J connectivity index is 2.07. The Labute approximate surface area is 163 Å². The quantitative estimate of drug-likeness (QED) is 0.671. The van der Waals surface area contributed by atoms with E-state index in [0.717, 1.165) is 21.3 Å². The summed E-state index contributed by atoms with van der Waals surface area (Å²) in [7, 11) is 1.54. The van der Waals surface area contributed by atoms with Crippen LogP contribution in [0.15, 0.2) is 29.2 Å². The lowest BCUT2D eigenvalue weighted by Crippen LogP contribution is -2.14. The fraction of sp³-hybridized carbons (Fsp3) is 0.167. The van der Waals surface area contributed by atoms with Crippen LogP contribution in [0.5, 0.6) is 11.5 Å². The lowest BCUT2D eigenvalue weighted by Gasteiger charge is -2.11. The molecule has 0 atom stereocenters. The number of carboxylic acid groups (broad SMARTS) is 1. The standard InChI is InChI=1S/C18H15ClN2O5S/c1-3-26-12-6-4-5-10(15(12)25-2)7-8-11-14(19)16(22)21-9-13(17(23)24)27-18(21)20-11/h4-9H,3H2,1-2H3,(H,23,24)/b8-7+. The molecular weight excluding hydrogens is 392 g/mol. The average molecular weight is 407 g/mol. The van der Waals surface area contributed by atoms with E-state index in [0.29, 0.717) is 18.1 Å². The Morgan fingerprint density at radius 3 is 2.85 bits per heavy atom. The summed E-state index contributed by atoms with van der Waals surface area (Å²) >= 11 is 7.03. The molecule has 0 unspecified atom stereocenters. The van der Waals surface area contributed by atoms with Gasteiger partial charge in [0.1, 0.15) is 9.90 Å². The van der Waals surface area contributed by atoms with Gasteiger partial charge in [0, 0.05) is 11.8 Å². The predicted molar refractivity (Wildman–Crippen MR) is 104 cm³/mol. The van der Waals surface area contributed by atoms with Gasteiger partial charge < -0.3 is 14.6 Å². The van der Waals surface area contributed by atoms with Gasteiger partial charge >= 0.3 is 5.97 Å². The molecule has 2 heterocycles. The van der Waals surface area contributed by atoms with E-state index >= 15 is 0 Å². The predicted octanol–water partition coefficient (Wildman–Crippen LogP) is 3.69. The van der Waals surface area contributed by atoms with Crippen LogP contribution < -0.4 is 15.0 Å². The summed E-state index contributed by atoms with van der Waals surface area (Å²) in [5.41, 5.74) is 0.434. The summed E-state index contributed by atoms with van der Waals surface area (Å²) in [5.74, 6) is 0.0190. The van der Waals surface area contributed by atoms with Gasteiger partial charge in [-0.1, -0.05) is 35.1 Å². The first-order valence-electron chi connectivity index (χ1n) is 7.89. The second-order valence-corrected chi connectivity index (χ2v) is 6.70. The first kappa shape index (κ1) is 18.9. The van der Waals surface area contributed by atoms with Gasteiger partial charge in [0.05, 0.1) is 19.4 Å². The Bertz CT molecular complexity index is 1100. The number of halogens is 1. The zero-order chi connectivity index (χ0) is 19.6. The number of hydrogen-bond donors (Lipinski definition) is 1. The molecular formula is C18H15ClN2O5S. The molecule has 3 aromatic rings. The molecule has 1 N–H and O–H groups in total. The third-order valence-electron chi connectivity index (χ3n) is 3.65. The van der Waals surface area contributed by atoms with Crippen molar-refractivity contribution in [3.63, 3.8) is 0 Å². The Hall–Kier alpha value is -2.84. The number of fused-ring (bicyclic) bond motifs is 1. The van der Waals surface area contributed by atoms with Crippen molar-refractivity contribution in [2.24, 2.45) is 0 Å². The summed E-state index contributed by atoms with van der Waals surface area (Å²) in [5, 5.41) is 8.99. The first-order valence-corrected chi connectivity index (χ1v) is 9.08. The Morgan fingerprint density at radius 2 is 2.19 bits per heavy atom. The fourth-order valence-corrected chi connectivity index (χ4v) is 3.48. The van der Waals surface area contributed by atoms with Gasteiger partial charge in [-0.2, -0.15) is 0 Å². The molecule has 27 heavy (non-hydrogen) atoms. The number of benzene rings is 1. The molecule has 0 radical (unpaired) electrons. The van der Waals surface area contributed by atoms with Gasteiger partial charge in [-0.05, 0) is 25.1 Å². The van der Waals surface area contributed by atoms with Gasteiger partial charge in [-0.15, -0.1) is 0 Å². The molecule has 1 aromatic carbocycles. The highest BCUT2D eigenvalue weighted by molar-refractivity contribution is 7.18. The summed E-state index contributed by atoms with van der Waals surface area (Å²) in [6, 6.07) is 5.44. The van der Waals surface area contributed by atoms with Crippen molar-refractivity contribution in [1.29, 1.82) is 0 Å². The molecule has 0 aliphatic carbocycles. The van der Waals surface area contributed by atoms with Crippen molar-refractivity contribution in [1.82, 2.24) is 9.38 Å². The lowest BCUT2D eigenvalue weighted by atomic mass is 10.1. The van der Waals surface area contributed by atoms with E-state index in [4.69, 9.17) is 26.2 Å². The summed E-state index contributed by atoms with van der Waals surface area (Å²) in [6.07, 6.45) is 4.50. The van der Waals surface area contributed by atoms with E-state index in [1.165, 1.54) is 13.3 Å². The second kappa shape index (κ2) is 7.81. The van der Waals surface area contributed by atoms with Crippen LogP contribution in [0.4, 0.5) is 0 Å². The molecule has 0 aliphatic heterocycles. The Kier molecular flexibility index (Phi) is 5.48. The molecule has 0 spiro atoms. The van der Waals surface area contributed by atoms with E-state index in [-0.39, 0.29) is 20.6 Å². The lowest BCUT2D eigenvalue weighted by molar-refractivity contribution is 0.0701. The zero-order valence-corrected chi connectivity index (χ0v) is 16.0. The van der Waals surface area contributed by atoms with E-state index in [1.807, 2.05) is 19.1 Å². The van der Waals surface area contributed by atoms with E-state index < -0.39 is 11.5 Å². The Morgan fingerprint density at radius 1 is 1.41 bits per heavy atom. The molecule has 0 saturated heterocycles. The topological polar surface area (TPSA) is 90.1 Å². The zero-order valence-electron chi connectivity index (χ0n) is 14.4. The molecule has 0 bridgehead atoms. The average Bonchev–Trinajstić information content (AvgIpc) is 3.08. The highest BCUT2D eigenvalue weighted by atomic mass is 35.5. The smallest absolute Gasteiger partial charge is 0.347 e. The van der Waals surface area contributed by atoms with Gasteiger partial charge in [0.15, 0.2) is 16.5 Å². The first-order chi connectivity index (χ1) is 13.0. The maximum atomic E-state index is 12.4. The van der Waals surface area contributed by atoms with Crippen molar-refractivity contribution in [2.45, 2.75) is 6.92 Å². The van der Waals surface area contributed by atoms with Crippen molar-refractivity contribution >= 4 is 46.0 Å². The molecule has 0 amide bonds. The number of para-hydroxylation sites is 1. The van der Waals surface area contributed by atoms with Crippen molar-refractivity contribution < 1.29 is 19.4 Å². The number of rotatable bonds is 6. The molecule has 7 nitrogen and oxygen atoms in total. The third-order valence-corrected chi connectivity index (χ3v) is 4.97. The highest BCUT2D eigenvalue weighted by Gasteiger charge is 2.15. The maximum Gasteiger partial charge on any atom is 0.347 e. The van der Waals surface area contributed by atoms with Crippen LogP contribution >= 0.6 is 22.9 Å². The number of aromatic nitrogens is 2. The molecule has 9 heteroatoms. The minimum atomic E-state index is -1.13. The number of ether oxygens (including phenoxy) is 2. The van der Waals surface area contributed by atoms with Gasteiger partial charge in [-0.3, -0.25) is 9.20 Å². The number of thiazole rings is 1. The summed E-state index contributed by atoms with van der Waals surface area (Å²) < 4.78 is 12.1. The minimum absolute atomic E-state index is 0.00267. The van der Waals surface area contributed by atoms with Crippen LogP contribution in [-0.4, -0.2) is 34.2 Å². The third kappa shape index (κ3) is 3.67. The molecule has 0 fully saturated rings. The van der Waals surface area contributed by atoms with Crippen LogP contribution in [0.3, 0.4) is 0 Å². The second-order valence-electron chi connectivity index (χ2n) is 5.31. The van der Waals surface area contributed by atoms with E-state index in [9.17, 15) is 9.59 Å². The summed E-state index contributed by atoms with van der Waals surface area (Å²) in [4.78, 5) is 28.0. The van der Waals surface area contributed by atoms with Gasteiger partial charge in [0.2, 0.25) is 0 Å². The fourth-order valence-electron chi connectivity index (χ4n) is 2.47. The minimum Gasteiger partial charge on any atom is -0.492 e.